The average Bonchev–Trinajstić information content (AvgIpc) is 3.63. The monoisotopic (exact) mass is 796 g/mol. The highest BCUT2D eigenvalue weighted by molar-refractivity contribution is 5.75. The van der Waals surface area contributed by atoms with Crippen LogP contribution in [0, 0.1) is 5.92 Å². The largest absolute Gasteiger partial charge is 0.379 e. The Hall–Kier alpha value is -1.71. The highest BCUT2D eigenvalue weighted by atomic mass is 16.6. The van der Waals surface area contributed by atoms with Gasteiger partial charge >= 0.3 is 0 Å². The maximum atomic E-state index is 10.8. The molecule has 324 valence electrons. The highest BCUT2D eigenvalue weighted by Crippen LogP contribution is 2.07. The van der Waals surface area contributed by atoms with Crippen LogP contribution in [-0.4, -0.2) is 186 Å². The maximum Gasteiger partial charge on any atom is 0.132 e. The van der Waals surface area contributed by atoms with Crippen LogP contribution in [0.3, 0.4) is 0 Å². The first kappa shape index (κ1) is 51.3. The molecule has 55 heavy (non-hydrogen) atoms. The van der Waals surface area contributed by atoms with Gasteiger partial charge < -0.3 is 61.6 Å². The Morgan fingerprint density at radius 1 is 0.491 bits per heavy atom. The minimum Gasteiger partial charge on any atom is -0.379 e. The van der Waals surface area contributed by atoms with Crippen molar-refractivity contribution in [3.63, 3.8) is 0 Å². The lowest BCUT2D eigenvalue weighted by molar-refractivity contribution is -0.118. The first-order valence-corrected chi connectivity index (χ1v) is 20.0. The van der Waals surface area contributed by atoms with Crippen LogP contribution in [0.15, 0.2) is 6.20 Å². The summed E-state index contributed by atoms with van der Waals surface area (Å²) >= 11 is 0. The molecular weight excluding hydrogens is 722 g/mol. The van der Waals surface area contributed by atoms with Crippen molar-refractivity contribution in [1.29, 1.82) is 0 Å². The van der Waals surface area contributed by atoms with Crippen LogP contribution in [0.4, 0.5) is 0 Å². The Balaban J connectivity index is 1.64. The molecule has 0 N–H and O–H groups in total. The van der Waals surface area contributed by atoms with Gasteiger partial charge in [-0.05, 0) is 19.3 Å². The van der Waals surface area contributed by atoms with E-state index in [1.54, 1.807) is 6.92 Å². The number of nitrogens with zero attached hydrogens (tertiary/aromatic N) is 3. The van der Waals surface area contributed by atoms with E-state index in [1.807, 2.05) is 10.9 Å². The number of aryl methyl sites for hydroxylation is 1. The molecule has 0 spiro atoms. The Morgan fingerprint density at radius 3 is 1.11 bits per heavy atom. The topological polar surface area (TPSA) is 168 Å². The standard InChI is InChI=1S/C38H73N3O14/c1-36(2)6-4-5-8-41-34-38(39-40-41)35-55-33-32-54-31-30-53-29-28-52-27-26-51-25-24-50-23-22-49-21-20-48-19-18-47-17-16-46-15-14-45-13-12-44-11-10-43-9-7-37(3)42/h34,36H,4-33,35H2,1-3H3. The molecule has 1 heterocycles. The summed E-state index contributed by atoms with van der Waals surface area (Å²) in [6.07, 6.45) is 5.96. The fraction of sp³-hybridized carbons (Fsp3) is 0.921. The molecule has 0 bridgehead atoms. The second-order valence-corrected chi connectivity index (χ2v) is 12.7. The zero-order valence-electron chi connectivity index (χ0n) is 34.1. The predicted molar refractivity (Wildman–Crippen MR) is 203 cm³/mol. The minimum atomic E-state index is 0.124. The number of ether oxygens (including phenoxy) is 13. The van der Waals surface area contributed by atoms with Gasteiger partial charge in [0.2, 0.25) is 0 Å². The summed E-state index contributed by atoms with van der Waals surface area (Å²) in [5.74, 6) is 0.867. The molecule has 0 aliphatic rings. The Labute approximate surface area is 329 Å². The summed E-state index contributed by atoms with van der Waals surface area (Å²) in [5.41, 5.74) is 0.838. The lowest BCUT2D eigenvalue weighted by Crippen LogP contribution is -2.15. The summed E-state index contributed by atoms with van der Waals surface area (Å²) in [7, 11) is 0. The van der Waals surface area contributed by atoms with E-state index in [0.29, 0.717) is 178 Å². The van der Waals surface area contributed by atoms with Crippen LogP contribution in [0.1, 0.15) is 52.1 Å². The van der Waals surface area contributed by atoms with Gasteiger partial charge in [-0.2, -0.15) is 0 Å². The van der Waals surface area contributed by atoms with Gasteiger partial charge in [0.25, 0.3) is 0 Å². The van der Waals surface area contributed by atoms with Gasteiger partial charge in [0.05, 0.1) is 178 Å². The lowest BCUT2D eigenvalue weighted by atomic mass is 10.1. The molecular formula is C38H73N3O14. The number of rotatable bonds is 46. The number of ketones is 1. The minimum absolute atomic E-state index is 0.124. The normalized spacial score (nSPS) is 11.7. The molecule has 17 heteroatoms. The second-order valence-electron chi connectivity index (χ2n) is 12.7. The van der Waals surface area contributed by atoms with Gasteiger partial charge in [-0.25, -0.2) is 0 Å². The predicted octanol–water partition coefficient (Wildman–Crippen LogP) is 2.80. The van der Waals surface area contributed by atoms with Crippen molar-refractivity contribution in [2.24, 2.45) is 5.92 Å². The molecule has 0 aliphatic heterocycles. The third-order valence-corrected chi connectivity index (χ3v) is 7.32. The highest BCUT2D eigenvalue weighted by Gasteiger charge is 2.03. The SMILES string of the molecule is CC(=O)CCOCCOCCOCCOCCOCCOCCOCCOCCOCCOCCOCCOCCOCc1cn(CCCCC(C)C)nn1. The van der Waals surface area contributed by atoms with Crippen LogP contribution in [-0.2, 0) is 79.5 Å². The van der Waals surface area contributed by atoms with E-state index in [0.717, 1.165) is 24.6 Å². The van der Waals surface area contributed by atoms with Crippen LogP contribution in [0.5, 0.6) is 0 Å². The van der Waals surface area contributed by atoms with Crippen molar-refractivity contribution < 1.29 is 66.4 Å². The van der Waals surface area contributed by atoms with E-state index >= 15 is 0 Å². The molecule has 0 radical (unpaired) electrons. The number of aromatic nitrogens is 3. The number of Topliss-reactive ketones (excluding diaryl/α,β-unsaturated/α-hetero) is 1. The van der Waals surface area contributed by atoms with Crippen LogP contribution < -0.4 is 0 Å². The number of hydrogen-bond donors (Lipinski definition) is 0. The van der Waals surface area contributed by atoms with Crippen molar-refractivity contribution in [2.75, 3.05) is 165 Å². The zero-order valence-corrected chi connectivity index (χ0v) is 34.1. The van der Waals surface area contributed by atoms with E-state index < -0.39 is 0 Å². The summed E-state index contributed by atoms with van der Waals surface area (Å²) in [6, 6.07) is 0. The fourth-order valence-corrected chi connectivity index (χ4v) is 4.37. The quantitative estimate of drug-likeness (QED) is 0.0883. The van der Waals surface area contributed by atoms with Gasteiger partial charge in [0, 0.05) is 13.0 Å². The molecule has 1 aromatic rings. The molecule has 1 rings (SSSR count). The third-order valence-electron chi connectivity index (χ3n) is 7.32. The first-order valence-electron chi connectivity index (χ1n) is 20.0. The smallest absolute Gasteiger partial charge is 0.132 e. The van der Waals surface area contributed by atoms with Gasteiger partial charge in [-0.15, -0.1) is 5.10 Å². The lowest BCUT2D eigenvalue weighted by Gasteiger charge is -2.09. The third kappa shape index (κ3) is 40.3. The van der Waals surface area contributed by atoms with Crippen LogP contribution in [0.25, 0.3) is 0 Å². The van der Waals surface area contributed by atoms with E-state index in [9.17, 15) is 4.79 Å². The van der Waals surface area contributed by atoms with E-state index in [2.05, 4.69) is 24.2 Å². The van der Waals surface area contributed by atoms with Crippen molar-refractivity contribution in [1.82, 2.24) is 15.0 Å². The van der Waals surface area contributed by atoms with Gasteiger partial charge in [0.15, 0.2) is 0 Å². The maximum absolute atomic E-state index is 10.8. The first-order chi connectivity index (χ1) is 27.1. The van der Waals surface area contributed by atoms with E-state index in [4.69, 9.17) is 61.6 Å². The Bertz CT molecular complexity index is 931. The average molecular weight is 796 g/mol. The molecule has 1 aromatic heterocycles. The molecule has 0 fully saturated rings. The van der Waals surface area contributed by atoms with Crippen LogP contribution >= 0.6 is 0 Å². The number of carbonyl (C=O) groups is 1. The number of carbonyl (C=O) groups excluding carboxylic acids is 1. The van der Waals surface area contributed by atoms with Crippen molar-refractivity contribution in [2.45, 2.75) is 59.6 Å². The summed E-state index contributed by atoms with van der Waals surface area (Å²) in [6.45, 7) is 19.8. The second kappa shape index (κ2) is 41.9. The van der Waals surface area contributed by atoms with Gasteiger partial charge in [-0.1, -0.05) is 31.9 Å². The molecule has 0 aromatic carbocycles. The Kier molecular flexibility index (Phi) is 39.1. The molecule has 17 nitrogen and oxygen atoms in total. The fourth-order valence-electron chi connectivity index (χ4n) is 4.37. The van der Waals surface area contributed by atoms with Crippen molar-refractivity contribution in [3.05, 3.63) is 11.9 Å². The number of unbranched alkanes of at least 4 members (excludes halogenated alkanes) is 1. The van der Waals surface area contributed by atoms with Gasteiger partial charge in [0.1, 0.15) is 11.5 Å². The van der Waals surface area contributed by atoms with Crippen molar-refractivity contribution in [3.8, 4) is 0 Å². The van der Waals surface area contributed by atoms with Gasteiger partial charge in [-0.3, -0.25) is 9.48 Å². The van der Waals surface area contributed by atoms with E-state index in [-0.39, 0.29) is 5.78 Å². The molecule has 0 saturated carbocycles. The molecule has 0 atom stereocenters. The molecule has 0 aliphatic carbocycles. The van der Waals surface area contributed by atoms with Crippen molar-refractivity contribution >= 4 is 5.78 Å². The Morgan fingerprint density at radius 2 is 0.800 bits per heavy atom. The molecule has 0 unspecified atom stereocenters. The molecule has 0 saturated heterocycles. The summed E-state index contributed by atoms with van der Waals surface area (Å²) in [5, 5.41) is 8.32. The zero-order chi connectivity index (χ0) is 39.5. The van der Waals surface area contributed by atoms with Crippen LogP contribution in [0.2, 0.25) is 0 Å². The number of hydrogen-bond acceptors (Lipinski definition) is 16. The summed E-state index contributed by atoms with van der Waals surface area (Å²) < 4.78 is 73.1. The molecule has 0 amide bonds. The van der Waals surface area contributed by atoms with E-state index in [1.165, 1.54) is 12.8 Å². The summed E-state index contributed by atoms with van der Waals surface area (Å²) in [4.78, 5) is 10.8.